The molecule has 0 aromatic heterocycles. The molecular weight excluding hydrogens is 284 g/mol. The Morgan fingerprint density at radius 2 is 2.18 bits per heavy atom. The Bertz CT molecular complexity index is 447. The van der Waals surface area contributed by atoms with Gasteiger partial charge in [-0.15, -0.1) is 6.58 Å². The highest BCUT2D eigenvalue weighted by Crippen LogP contribution is 2.35. The Kier molecular flexibility index (Phi) is 6.59. The quantitative estimate of drug-likeness (QED) is 0.418. The van der Waals surface area contributed by atoms with Crippen molar-refractivity contribution in [1.29, 1.82) is 0 Å². The number of hydrogen-bond acceptors (Lipinski definition) is 4. The second kappa shape index (κ2) is 7.96. The zero-order valence-corrected chi connectivity index (χ0v) is 13.7. The second-order valence-electron chi connectivity index (χ2n) is 5.98. The highest BCUT2D eigenvalue weighted by atomic mass is 16.5. The van der Waals surface area contributed by atoms with E-state index >= 15 is 0 Å². The van der Waals surface area contributed by atoms with Crippen LogP contribution in [0.4, 0.5) is 0 Å². The summed E-state index contributed by atoms with van der Waals surface area (Å²) in [5, 5.41) is 2.72. The summed E-state index contributed by atoms with van der Waals surface area (Å²) < 4.78 is 4.88. The number of esters is 1. The number of rotatable bonds is 8. The first kappa shape index (κ1) is 18.2. The van der Waals surface area contributed by atoms with Gasteiger partial charge in [-0.3, -0.25) is 14.4 Å². The third-order valence-corrected chi connectivity index (χ3v) is 3.83. The van der Waals surface area contributed by atoms with Gasteiger partial charge in [-0.2, -0.15) is 0 Å². The van der Waals surface area contributed by atoms with E-state index in [0.717, 1.165) is 6.42 Å². The largest absolute Gasteiger partial charge is 0.465 e. The molecule has 1 unspecified atom stereocenters. The SMILES string of the molecule is C=CCC1(CCC(C)C)C(=O)NCN(CC(=O)OCC)C1=O. The molecule has 124 valence electrons. The summed E-state index contributed by atoms with van der Waals surface area (Å²) in [5.74, 6) is -0.686. The third kappa shape index (κ3) is 4.08. The van der Waals surface area contributed by atoms with Gasteiger partial charge < -0.3 is 15.0 Å². The van der Waals surface area contributed by atoms with Crippen molar-refractivity contribution in [1.82, 2.24) is 10.2 Å². The number of carbonyl (C=O) groups excluding carboxylic acids is 3. The number of allylic oxidation sites excluding steroid dienone is 1. The number of ether oxygens (including phenoxy) is 1. The van der Waals surface area contributed by atoms with E-state index in [0.29, 0.717) is 12.3 Å². The minimum atomic E-state index is -1.16. The van der Waals surface area contributed by atoms with Crippen molar-refractivity contribution in [3.63, 3.8) is 0 Å². The summed E-state index contributed by atoms with van der Waals surface area (Å²) in [5.41, 5.74) is -1.16. The van der Waals surface area contributed by atoms with Crippen molar-refractivity contribution >= 4 is 17.8 Å². The van der Waals surface area contributed by atoms with Crippen LogP contribution in [0.1, 0.15) is 40.0 Å². The molecule has 0 aromatic rings. The van der Waals surface area contributed by atoms with Crippen LogP contribution in [0.5, 0.6) is 0 Å². The first-order valence-electron chi connectivity index (χ1n) is 7.71. The minimum absolute atomic E-state index is 0.0387. The molecule has 0 saturated carbocycles. The summed E-state index contributed by atoms with van der Waals surface area (Å²) in [4.78, 5) is 38.1. The average Bonchev–Trinajstić information content (AvgIpc) is 2.45. The molecule has 2 amide bonds. The fourth-order valence-corrected chi connectivity index (χ4v) is 2.58. The minimum Gasteiger partial charge on any atom is -0.465 e. The predicted molar refractivity (Wildman–Crippen MR) is 82.7 cm³/mol. The van der Waals surface area contributed by atoms with Crippen molar-refractivity contribution < 1.29 is 19.1 Å². The molecule has 1 rings (SSSR count). The Labute approximate surface area is 131 Å². The van der Waals surface area contributed by atoms with Crippen LogP contribution in [-0.2, 0) is 19.1 Å². The molecule has 1 aliphatic rings. The lowest BCUT2D eigenvalue weighted by Gasteiger charge is -2.40. The summed E-state index contributed by atoms with van der Waals surface area (Å²) in [6.07, 6.45) is 3.05. The lowest BCUT2D eigenvalue weighted by molar-refractivity contribution is -0.163. The first-order chi connectivity index (χ1) is 10.4. The van der Waals surface area contributed by atoms with Gasteiger partial charge in [-0.1, -0.05) is 19.9 Å². The van der Waals surface area contributed by atoms with Gasteiger partial charge in [0.2, 0.25) is 11.8 Å². The van der Waals surface area contributed by atoms with E-state index in [4.69, 9.17) is 4.74 Å². The molecule has 0 aromatic carbocycles. The third-order valence-electron chi connectivity index (χ3n) is 3.83. The van der Waals surface area contributed by atoms with Crippen molar-refractivity contribution in [3.8, 4) is 0 Å². The number of nitrogens with zero attached hydrogens (tertiary/aromatic N) is 1. The Balaban J connectivity index is 2.95. The van der Waals surface area contributed by atoms with Crippen molar-refractivity contribution in [3.05, 3.63) is 12.7 Å². The smallest absolute Gasteiger partial charge is 0.325 e. The van der Waals surface area contributed by atoms with E-state index in [-0.39, 0.29) is 38.1 Å². The molecule has 0 bridgehead atoms. The van der Waals surface area contributed by atoms with Crippen LogP contribution in [0.25, 0.3) is 0 Å². The molecule has 1 atom stereocenters. The summed E-state index contributed by atoms with van der Waals surface area (Å²) >= 11 is 0. The van der Waals surface area contributed by atoms with Gasteiger partial charge in [0.05, 0.1) is 13.3 Å². The van der Waals surface area contributed by atoms with E-state index in [1.807, 2.05) is 13.8 Å². The normalized spacial score (nSPS) is 21.7. The van der Waals surface area contributed by atoms with Crippen LogP contribution in [0.2, 0.25) is 0 Å². The molecule has 1 aliphatic heterocycles. The number of nitrogens with one attached hydrogen (secondary N) is 1. The predicted octanol–water partition coefficient (Wildman–Crippen LogP) is 1.46. The highest BCUT2D eigenvalue weighted by Gasteiger charge is 2.49. The molecule has 1 N–H and O–H groups in total. The number of carbonyl (C=O) groups is 3. The summed E-state index contributed by atoms with van der Waals surface area (Å²) in [6, 6.07) is 0. The van der Waals surface area contributed by atoms with E-state index < -0.39 is 11.4 Å². The molecule has 0 spiro atoms. The zero-order valence-electron chi connectivity index (χ0n) is 13.7. The van der Waals surface area contributed by atoms with Crippen molar-refractivity contribution in [2.24, 2.45) is 11.3 Å². The zero-order chi connectivity index (χ0) is 16.8. The van der Waals surface area contributed by atoms with Gasteiger partial charge in [0.1, 0.15) is 12.0 Å². The van der Waals surface area contributed by atoms with Crippen LogP contribution < -0.4 is 5.32 Å². The van der Waals surface area contributed by atoms with Crippen LogP contribution in [0.15, 0.2) is 12.7 Å². The van der Waals surface area contributed by atoms with Crippen molar-refractivity contribution in [2.75, 3.05) is 19.8 Å². The van der Waals surface area contributed by atoms with Gasteiger partial charge in [-0.05, 0) is 32.1 Å². The Morgan fingerprint density at radius 3 is 2.73 bits per heavy atom. The molecule has 1 saturated heterocycles. The fourth-order valence-electron chi connectivity index (χ4n) is 2.58. The Hall–Kier alpha value is -1.85. The van der Waals surface area contributed by atoms with Crippen LogP contribution in [0.3, 0.4) is 0 Å². The molecule has 0 aliphatic carbocycles. The molecule has 6 nitrogen and oxygen atoms in total. The van der Waals surface area contributed by atoms with Gasteiger partial charge in [-0.25, -0.2) is 0 Å². The van der Waals surface area contributed by atoms with Crippen LogP contribution in [0, 0.1) is 11.3 Å². The molecule has 6 heteroatoms. The lowest BCUT2D eigenvalue weighted by atomic mass is 9.75. The van der Waals surface area contributed by atoms with Gasteiger partial charge in [0.25, 0.3) is 0 Å². The fraction of sp³-hybridized carbons (Fsp3) is 0.688. The molecule has 0 radical (unpaired) electrons. The second-order valence-corrected chi connectivity index (χ2v) is 5.98. The highest BCUT2D eigenvalue weighted by molar-refractivity contribution is 6.07. The van der Waals surface area contributed by atoms with Gasteiger partial charge in [0.15, 0.2) is 0 Å². The molecule has 1 fully saturated rings. The van der Waals surface area contributed by atoms with Gasteiger partial charge >= 0.3 is 5.97 Å². The lowest BCUT2D eigenvalue weighted by Crippen LogP contribution is -2.62. The summed E-state index contributed by atoms with van der Waals surface area (Å²) in [7, 11) is 0. The Morgan fingerprint density at radius 1 is 1.50 bits per heavy atom. The molecular formula is C16H26N2O4. The average molecular weight is 310 g/mol. The molecule has 22 heavy (non-hydrogen) atoms. The van der Waals surface area contributed by atoms with Crippen LogP contribution in [-0.4, -0.2) is 42.5 Å². The maximum atomic E-state index is 12.8. The maximum Gasteiger partial charge on any atom is 0.325 e. The van der Waals surface area contributed by atoms with E-state index in [1.54, 1.807) is 13.0 Å². The molecule has 1 heterocycles. The van der Waals surface area contributed by atoms with Gasteiger partial charge in [0, 0.05) is 0 Å². The van der Waals surface area contributed by atoms with Crippen molar-refractivity contribution in [2.45, 2.75) is 40.0 Å². The summed E-state index contributed by atoms with van der Waals surface area (Å²) in [6.45, 7) is 9.62. The van der Waals surface area contributed by atoms with E-state index in [9.17, 15) is 14.4 Å². The van der Waals surface area contributed by atoms with E-state index in [2.05, 4.69) is 11.9 Å². The topological polar surface area (TPSA) is 75.7 Å². The van der Waals surface area contributed by atoms with Crippen LogP contribution >= 0.6 is 0 Å². The number of hydrogen-bond donors (Lipinski definition) is 1. The maximum absolute atomic E-state index is 12.8. The van der Waals surface area contributed by atoms with E-state index in [1.165, 1.54) is 4.90 Å². The standard InChI is InChI=1S/C16H26N2O4/c1-5-8-16(9-7-12(3)4)14(20)17-11-18(15(16)21)10-13(19)22-6-2/h5,12H,1,6-11H2,2-4H3,(H,17,20). The monoisotopic (exact) mass is 310 g/mol. The number of amides is 2. The first-order valence-corrected chi connectivity index (χ1v) is 7.71.